The van der Waals surface area contributed by atoms with Crippen LogP contribution in [0, 0.1) is 0 Å². The second-order valence-corrected chi connectivity index (χ2v) is 12.8. The normalized spacial score (nSPS) is 15.3. The van der Waals surface area contributed by atoms with E-state index in [2.05, 4.69) is 0 Å². The van der Waals surface area contributed by atoms with Gasteiger partial charge < -0.3 is 8.83 Å². The summed E-state index contributed by atoms with van der Waals surface area (Å²) < 4.78 is 145. The van der Waals surface area contributed by atoms with Crippen molar-refractivity contribution in [1.29, 1.82) is 0 Å². The molecule has 0 spiro atoms. The van der Waals surface area contributed by atoms with Gasteiger partial charge in [-0.2, -0.15) is 0 Å². The predicted molar refractivity (Wildman–Crippen MR) is 227 cm³/mol. The molecule has 0 N–H and O–H groups in total. The summed E-state index contributed by atoms with van der Waals surface area (Å²) in [5, 5.41) is 1.07. The molecule has 0 bridgehead atoms. The quantitative estimate of drug-likeness (QED) is 0.170. The molecular weight excluding hydrogens is 687 g/mol. The van der Waals surface area contributed by atoms with E-state index in [0.29, 0.717) is 22.3 Å². The molecule has 0 saturated carbocycles. The zero-order chi connectivity index (χ0) is 50.1. The molecule has 0 unspecified atom stereocenters. The number of hydrogen-bond acceptors (Lipinski definition) is 5. The molecule has 3 aromatic heterocycles. The summed E-state index contributed by atoms with van der Waals surface area (Å²) >= 11 is 0. The number of nitrogens with zero attached hydrogens (tertiary/aromatic N) is 3. The van der Waals surface area contributed by atoms with Crippen LogP contribution >= 0.6 is 0 Å². The van der Waals surface area contributed by atoms with E-state index >= 15 is 0 Å². The first-order valence-electron chi connectivity index (χ1n) is 25.0. The number of rotatable bonds is 6. The maximum absolute atomic E-state index is 9.56. The lowest BCUT2D eigenvalue weighted by Gasteiger charge is -2.09. The minimum atomic E-state index is -0.839. The van der Waals surface area contributed by atoms with Crippen molar-refractivity contribution < 1.29 is 29.4 Å². The van der Waals surface area contributed by atoms with Crippen LogP contribution in [0.15, 0.2) is 197 Å². The van der Waals surface area contributed by atoms with Crippen molar-refractivity contribution >= 4 is 43.9 Å². The van der Waals surface area contributed by atoms with Crippen LogP contribution in [0.1, 0.15) is 20.6 Å². The van der Waals surface area contributed by atoms with E-state index in [9.17, 15) is 5.48 Å². The number of benzene rings is 8. The Balaban J connectivity index is 1.12. The van der Waals surface area contributed by atoms with Crippen molar-refractivity contribution in [3.63, 3.8) is 0 Å². The second-order valence-electron chi connectivity index (χ2n) is 12.8. The molecule has 8 aromatic carbocycles. The van der Waals surface area contributed by atoms with E-state index in [4.69, 9.17) is 38.9 Å². The van der Waals surface area contributed by atoms with Crippen LogP contribution in [0.4, 0.5) is 0 Å². The maximum Gasteiger partial charge on any atom is 0.164 e. The Morgan fingerprint density at radius 1 is 0.321 bits per heavy atom. The summed E-state index contributed by atoms with van der Waals surface area (Å²) in [6, 6.07) is 19.4. The zero-order valence-electron chi connectivity index (χ0n) is 43.9. The average Bonchev–Trinajstić information content (AvgIpc) is 3.98. The third-order valence-electron chi connectivity index (χ3n) is 9.38. The Kier molecular flexibility index (Phi) is 4.70. The average molecular weight is 733 g/mol. The molecule has 0 saturated heterocycles. The maximum atomic E-state index is 9.56. The Labute approximate surface area is 343 Å². The van der Waals surface area contributed by atoms with Crippen LogP contribution in [0.25, 0.3) is 111 Å². The molecule has 0 amide bonds. The van der Waals surface area contributed by atoms with Gasteiger partial charge in [0.1, 0.15) is 22.3 Å². The van der Waals surface area contributed by atoms with E-state index in [1.807, 2.05) is 84.9 Å². The van der Waals surface area contributed by atoms with Crippen molar-refractivity contribution in [2.45, 2.75) is 0 Å². The Bertz CT molecular complexity index is 4060. The fourth-order valence-electron chi connectivity index (χ4n) is 6.62. The highest BCUT2D eigenvalue weighted by Gasteiger charge is 2.17. The van der Waals surface area contributed by atoms with E-state index < -0.39 is 118 Å². The molecule has 0 aliphatic heterocycles. The van der Waals surface area contributed by atoms with Crippen molar-refractivity contribution in [1.82, 2.24) is 15.0 Å². The van der Waals surface area contributed by atoms with Crippen molar-refractivity contribution in [2.75, 3.05) is 0 Å². The molecule has 0 aliphatic rings. The lowest BCUT2D eigenvalue weighted by molar-refractivity contribution is 0.668. The zero-order valence-corrected chi connectivity index (χ0v) is 28.9. The van der Waals surface area contributed by atoms with Gasteiger partial charge in [0.05, 0.1) is 20.6 Å². The predicted octanol–water partition coefficient (Wildman–Crippen LogP) is 13.7. The SMILES string of the molecule is [2H]c1c([2H])c([2H])c(-c2c([2H])c([2H])c(-c3c([2H])c([2H])c4oc5c([2H])c(-c6nc(-c7ccc(-c8ccccc8)cc7)nc(-c7ccc8oc9ccccc9c8c7)n6)c([2H])c([2H])c5c4c3[2H])c([2H])c2[2H])c([2H])c1[2H]. The summed E-state index contributed by atoms with van der Waals surface area (Å²) in [6.45, 7) is 0. The monoisotopic (exact) mass is 732 g/mol. The molecule has 262 valence electrons. The number of fused-ring (bicyclic) bond motifs is 6. The third-order valence-corrected chi connectivity index (χ3v) is 9.38. The molecule has 11 rings (SSSR count). The molecule has 0 atom stereocenters. The largest absolute Gasteiger partial charge is 0.456 e. The lowest BCUT2D eigenvalue weighted by atomic mass is 9.99. The van der Waals surface area contributed by atoms with Crippen molar-refractivity contribution in [3.8, 4) is 67.5 Å². The van der Waals surface area contributed by atoms with Gasteiger partial charge in [-0.05, 0) is 81.8 Å². The molecule has 0 aliphatic carbocycles. The van der Waals surface area contributed by atoms with E-state index in [1.165, 1.54) is 0 Å². The van der Waals surface area contributed by atoms with E-state index in [0.717, 1.165) is 21.9 Å². The molecule has 5 heteroatoms. The number of aromatic nitrogens is 3. The van der Waals surface area contributed by atoms with Gasteiger partial charge in [-0.25, -0.2) is 15.0 Å². The van der Waals surface area contributed by atoms with Gasteiger partial charge in [-0.1, -0.05) is 139 Å². The van der Waals surface area contributed by atoms with Crippen LogP contribution in [0.5, 0.6) is 0 Å². The number of para-hydroxylation sites is 1. The van der Waals surface area contributed by atoms with Gasteiger partial charge in [0.2, 0.25) is 0 Å². The summed E-state index contributed by atoms with van der Waals surface area (Å²) in [6.07, 6.45) is 0. The van der Waals surface area contributed by atoms with Gasteiger partial charge >= 0.3 is 0 Å². The van der Waals surface area contributed by atoms with Crippen LogP contribution < -0.4 is 0 Å². The van der Waals surface area contributed by atoms with Crippen LogP contribution in [0.2, 0.25) is 0 Å². The first-order chi connectivity index (χ1) is 34.0. The molecular formula is C51H31N3O2. The molecule has 0 fully saturated rings. The summed E-state index contributed by atoms with van der Waals surface area (Å²) in [5.41, 5.74) is 0.965. The molecule has 0 radical (unpaired) electrons. The molecule has 56 heavy (non-hydrogen) atoms. The van der Waals surface area contributed by atoms with E-state index in [-0.39, 0.29) is 39.4 Å². The van der Waals surface area contributed by atoms with Crippen LogP contribution in [0.3, 0.4) is 0 Å². The standard InChI is InChI=1S/C51H31N3O2/c1-3-9-32(10-4-1)34-15-17-36(18-16-34)38-24-27-47-43(29-38)42-26-23-40(31-48(42)56-47)51-53-49(37-21-19-35(20-22-37)33-11-5-2-6-12-33)52-50(54-51)39-25-28-46-44(30-39)41-13-7-8-14-45(41)55-46/h1-31H/i1D,3D,4D,9D,10D,15D,16D,17D,18D,23D,24D,26D,27D,29D,31D. The van der Waals surface area contributed by atoms with Crippen molar-refractivity contribution in [2.24, 2.45) is 0 Å². The highest BCUT2D eigenvalue weighted by molar-refractivity contribution is 6.08. The summed E-state index contributed by atoms with van der Waals surface area (Å²) in [4.78, 5) is 14.5. The van der Waals surface area contributed by atoms with Crippen LogP contribution in [-0.4, -0.2) is 15.0 Å². The first-order valence-corrected chi connectivity index (χ1v) is 17.5. The van der Waals surface area contributed by atoms with Crippen molar-refractivity contribution in [3.05, 3.63) is 188 Å². The van der Waals surface area contributed by atoms with Gasteiger partial charge in [-0.15, -0.1) is 0 Å². The number of furan rings is 2. The topological polar surface area (TPSA) is 65.0 Å². The Morgan fingerprint density at radius 2 is 0.893 bits per heavy atom. The van der Waals surface area contributed by atoms with Gasteiger partial charge in [-0.3, -0.25) is 0 Å². The summed E-state index contributed by atoms with van der Waals surface area (Å²) in [7, 11) is 0. The number of hydrogen-bond donors (Lipinski definition) is 0. The lowest BCUT2D eigenvalue weighted by Crippen LogP contribution is -2.00. The van der Waals surface area contributed by atoms with Crippen LogP contribution in [-0.2, 0) is 0 Å². The van der Waals surface area contributed by atoms with Gasteiger partial charge in [0, 0.05) is 38.2 Å². The summed E-state index contributed by atoms with van der Waals surface area (Å²) in [5.74, 6) is 0.184. The Morgan fingerprint density at radius 3 is 1.70 bits per heavy atom. The van der Waals surface area contributed by atoms with Gasteiger partial charge in [0.15, 0.2) is 17.5 Å². The van der Waals surface area contributed by atoms with Gasteiger partial charge in [0.25, 0.3) is 0 Å². The third kappa shape index (κ3) is 5.62. The highest BCUT2D eigenvalue weighted by atomic mass is 16.3. The van der Waals surface area contributed by atoms with E-state index in [1.54, 1.807) is 12.1 Å². The minimum absolute atomic E-state index is 0.165. The first kappa shape index (κ1) is 20.2. The fraction of sp³-hybridized carbons (Fsp3) is 0. The molecule has 3 heterocycles. The smallest absolute Gasteiger partial charge is 0.164 e. The minimum Gasteiger partial charge on any atom is -0.456 e. The fourth-order valence-corrected chi connectivity index (χ4v) is 6.62. The molecule has 11 aromatic rings. The second kappa shape index (κ2) is 13.0. The highest BCUT2D eigenvalue weighted by Crippen LogP contribution is 2.37. The molecule has 5 nitrogen and oxygen atoms in total. The Hall–Kier alpha value is -7.63.